The van der Waals surface area contributed by atoms with Gasteiger partial charge in [-0.1, -0.05) is 6.07 Å². The average Bonchev–Trinajstić information content (AvgIpc) is 2.30. The maximum atomic E-state index is 12.5. The van der Waals surface area contributed by atoms with E-state index in [1.807, 2.05) is 0 Å². The summed E-state index contributed by atoms with van der Waals surface area (Å²) in [5.74, 6) is 0.329. The number of nitrogens with zero attached hydrogens (tertiary/aromatic N) is 2. The molecule has 0 saturated heterocycles. The van der Waals surface area contributed by atoms with E-state index in [1.165, 1.54) is 6.20 Å². The lowest BCUT2D eigenvalue weighted by molar-refractivity contribution is 0.150. The maximum absolute atomic E-state index is 12.5. The molecule has 82 valence electrons. The second-order valence-corrected chi connectivity index (χ2v) is 3.16. The normalized spacial score (nSPS) is 10.7. The standard InChI is InChI=1S/C11H8F2N2O/c12-11(13)8-4-5-10(16)15(7-8)9-3-1-2-6-14-9/h1-7,11H. The van der Waals surface area contributed by atoms with Crippen LogP contribution in [-0.2, 0) is 0 Å². The van der Waals surface area contributed by atoms with Crippen molar-refractivity contribution in [2.45, 2.75) is 6.43 Å². The summed E-state index contributed by atoms with van der Waals surface area (Å²) >= 11 is 0. The highest BCUT2D eigenvalue weighted by atomic mass is 19.3. The minimum absolute atomic E-state index is 0.203. The lowest BCUT2D eigenvalue weighted by atomic mass is 10.3. The van der Waals surface area contributed by atoms with Crippen LogP contribution in [-0.4, -0.2) is 9.55 Å². The molecule has 0 fully saturated rings. The molecule has 0 aliphatic carbocycles. The fraction of sp³-hybridized carbons (Fsp3) is 0.0909. The molecule has 0 atom stereocenters. The van der Waals surface area contributed by atoms with Crippen molar-refractivity contribution in [1.29, 1.82) is 0 Å². The first-order chi connectivity index (χ1) is 7.68. The van der Waals surface area contributed by atoms with Gasteiger partial charge in [0.25, 0.3) is 12.0 Å². The SMILES string of the molecule is O=c1ccc(C(F)F)cn1-c1ccccn1. The van der Waals surface area contributed by atoms with E-state index >= 15 is 0 Å². The monoisotopic (exact) mass is 222 g/mol. The molecule has 0 amide bonds. The Labute approximate surface area is 90.0 Å². The van der Waals surface area contributed by atoms with Crippen molar-refractivity contribution < 1.29 is 8.78 Å². The van der Waals surface area contributed by atoms with Gasteiger partial charge >= 0.3 is 0 Å². The Hall–Kier alpha value is -2.04. The number of alkyl halides is 2. The highest BCUT2D eigenvalue weighted by Gasteiger charge is 2.09. The number of halogens is 2. The number of pyridine rings is 2. The van der Waals surface area contributed by atoms with Crippen LogP contribution in [0, 0.1) is 0 Å². The Bertz CT molecular complexity index is 537. The van der Waals surface area contributed by atoms with E-state index in [0.717, 1.165) is 22.9 Å². The Morgan fingerprint density at radius 2 is 2.00 bits per heavy atom. The molecule has 2 aromatic rings. The lowest BCUT2D eigenvalue weighted by Crippen LogP contribution is -2.18. The zero-order valence-corrected chi connectivity index (χ0v) is 8.18. The van der Waals surface area contributed by atoms with Gasteiger partial charge in [0.1, 0.15) is 5.82 Å². The molecule has 0 spiro atoms. The molecule has 0 saturated carbocycles. The number of hydrogen-bond acceptors (Lipinski definition) is 2. The van der Waals surface area contributed by atoms with Crippen LogP contribution >= 0.6 is 0 Å². The molecule has 0 aliphatic rings. The van der Waals surface area contributed by atoms with Gasteiger partial charge in [-0.15, -0.1) is 0 Å². The van der Waals surface area contributed by atoms with Gasteiger partial charge in [0.15, 0.2) is 0 Å². The third-order valence-corrected chi connectivity index (χ3v) is 2.08. The highest BCUT2D eigenvalue weighted by molar-refractivity contribution is 5.25. The second kappa shape index (κ2) is 4.22. The van der Waals surface area contributed by atoms with E-state index in [0.29, 0.717) is 5.82 Å². The minimum atomic E-state index is -2.60. The first-order valence-corrected chi connectivity index (χ1v) is 4.60. The first kappa shape index (κ1) is 10.5. The van der Waals surface area contributed by atoms with E-state index in [-0.39, 0.29) is 11.1 Å². The zero-order chi connectivity index (χ0) is 11.5. The molecular weight excluding hydrogens is 214 g/mol. The van der Waals surface area contributed by atoms with Crippen molar-refractivity contribution in [3.8, 4) is 5.82 Å². The molecule has 0 unspecified atom stereocenters. The molecule has 0 aliphatic heterocycles. The Kier molecular flexibility index (Phi) is 2.76. The number of hydrogen-bond donors (Lipinski definition) is 0. The van der Waals surface area contributed by atoms with Gasteiger partial charge in [-0.25, -0.2) is 13.8 Å². The van der Waals surface area contributed by atoms with Crippen molar-refractivity contribution in [3.63, 3.8) is 0 Å². The molecule has 0 radical (unpaired) electrons. The Morgan fingerprint density at radius 3 is 2.62 bits per heavy atom. The molecule has 2 aromatic heterocycles. The number of rotatable bonds is 2. The van der Waals surface area contributed by atoms with Crippen LogP contribution in [0.3, 0.4) is 0 Å². The van der Waals surface area contributed by atoms with Crippen LogP contribution in [0.1, 0.15) is 12.0 Å². The summed E-state index contributed by atoms with van der Waals surface area (Å²) in [7, 11) is 0. The maximum Gasteiger partial charge on any atom is 0.265 e. The van der Waals surface area contributed by atoms with Crippen LogP contribution < -0.4 is 5.56 Å². The molecular formula is C11H8F2N2O. The highest BCUT2D eigenvalue weighted by Crippen LogP contribution is 2.17. The topological polar surface area (TPSA) is 34.9 Å². The van der Waals surface area contributed by atoms with E-state index in [4.69, 9.17) is 0 Å². The molecule has 0 aromatic carbocycles. The summed E-state index contributed by atoms with van der Waals surface area (Å²) in [4.78, 5) is 15.4. The molecule has 0 bridgehead atoms. The quantitative estimate of drug-likeness (QED) is 0.780. The summed E-state index contributed by atoms with van der Waals surface area (Å²) < 4.78 is 26.0. The van der Waals surface area contributed by atoms with E-state index in [9.17, 15) is 13.6 Å². The van der Waals surface area contributed by atoms with Crippen LogP contribution in [0.25, 0.3) is 5.82 Å². The molecule has 2 heterocycles. The van der Waals surface area contributed by atoms with Crippen LogP contribution in [0.2, 0.25) is 0 Å². The molecule has 16 heavy (non-hydrogen) atoms. The van der Waals surface area contributed by atoms with Gasteiger partial charge in [-0.3, -0.25) is 9.36 Å². The summed E-state index contributed by atoms with van der Waals surface area (Å²) in [5, 5.41) is 0. The van der Waals surface area contributed by atoms with Crippen molar-refractivity contribution in [3.05, 3.63) is 58.6 Å². The second-order valence-electron chi connectivity index (χ2n) is 3.16. The summed E-state index contributed by atoms with van der Waals surface area (Å²) in [5.41, 5.74) is -0.589. The van der Waals surface area contributed by atoms with Gasteiger partial charge < -0.3 is 0 Å². The fourth-order valence-electron chi connectivity index (χ4n) is 1.31. The van der Waals surface area contributed by atoms with Crippen LogP contribution in [0.5, 0.6) is 0 Å². The van der Waals surface area contributed by atoms with Crippen molar-refractivity contribution >= 4 is 0 Å². The van der Waals surface area contributed by atoms with E-state index < -0.39 is 6.43 Å². The predicted molar refractivity (Wildman–Crippen MR) is 54.8 cm³/mol. The van der Waals surface area contributed by atoms with Crippen molar-refractivity contribution in [1.82, 2.24) is 9.55 Å². The Balaban J connectivity index is 2.56. The van der Waals surface area contributed by atoms with Crippen LogP contribution in [0.15, 0.2) is 47.5 Å². The van der Waals surface area contributed by atoms with Crippen LogP contribution in [0.4, 0.5) is 8.78 Å². The first-order valence-electron chi connectivity index (χ1n) is 4.60. The van der Waals surface area contributed by atoms with E-state index in [2.05, 4.69) is 4.98 Å². The summed E-state index contributed by atoms with van der Waals surface area (Å²) in [6.45, 7) is 0. The third kappa shape index (κ3) is 1.98. The number of aromatic nitrogens is 2. The molecule has 2 rings (SSSR count). The summed E-state index contributed by atoms with van der Waals surface area (Å²) in [6, 6.07) is 7.18. The van der Waals surface area contributed by atoms with E-state index in [1.54, 1.807) is 18.2 Å². The Morgan fingerprint density at radius 1 is 1.19 bits per heavy atom. The molecule has 5 heteroatoms. The van der Waals surface area contributed by atoms with Gasteiger partial charge in [0.05, 0.1) is 0 Å². The summed E-state index contributed by atoms with van der Waals surface area (Å²) in [6.07, 6.45) is 0.00200. The average molecular weight is 222 g/mol. The smallest absolute Gasteiger partial charge is 0.265 e. The zero-order valence-electron chi connectivity index (χ0n) is 8.18. The van der Waals surface area contributed by atoms with Gasteiger partial charge in [-0.05, 0) is 18.2 Å². The molecule has 0 N–H and O–H groups in total. The van der Waals surface area contributed by atoms with Gasteiger partial charge in [0.2, 0.25) is 0 Å². The fourth-order valence-corrected chi connectivity index (χ4v) is 1.31. The van der Waals surface area contributed by atoms with Gasteiger partial charge in [0, 0.05) is 24.0 Å². The minimum Gasteiger partial charge on any atom is -0.269 e. The van der Waals surface area contributed by atoms with Crippen molar-refractivity contribution in [2.24, 2.45) is 0 Å². The predicted octanol–water partition coefficient (Wildman–Crippen LogP) is 2.17. The molecule has 3 nitrogen and oxygen atoms in total. The lowest BCUT2D eigenvalue weighted by Gasteiger charge is -2.06. The van der Waals surface area contributed by atoms with Gasteiger partial charge in [-0.2, -0.15) is 0 Å². The third-order valence-electron chi connectivity index (χ3n) is 2.08. The van der Waals surface area contributed by atoms with Crippen molar-refractivity contribution in [2.75, 3.05) is 0 Å². The largest absolute Gasteiger partial charge is 0.269 e.